The summed E-state index contributed by atoms with van der Waals surface area (Å²) < 4.78 is 8.87. The Morgan fingerprint density at radius 3 is 2.28 bits per heavy atom. The van der Waals surface area contributed by atoms with E-state index in [0.717, 1.165) is 61.0 Å². The van der Waals surface area contributed by atoms with Crippen molar-refractivity contribution in [3.8, 4) is 17.1 Å². The zero-order valence-corrected chi connectivity index (χ0v) is 20.5. The third kappa shape index (κ3) is 3.01. The van der Waals surface area contributed by atoms with Crippen LogP contribution in [0, 0.1) is 0 Å². The van der Waals surface area contributed by atoms with E-state index in [9.17, 15) is 0 Å². The van der Waals surface area contributed by atoms with E-state index in [0.29, 0.717) is 0 Å². The lowest BCUT2D eigenvalue weighted by molar-refractivity contribution is 0.592. The van der Waals surface area contributed by atoms with Crippen LogP contribution in [0.5, 0.6) is 0 Å². The van der Waals surface area contributed by atoms with Crippen molar-refractivity contribution < 1.29 is 4.42 Å². The first-order valence-electron chi connectivity index (χ1n) is 12.3. The fourth-order valence-corrected chi connectivity index (χ4v) is 5.26. The molecule has 7 aromatic rings. The molecule has 0 saturated carbocycles. The molecule has 0 atom stereocenters. The lowest BCUT2D eigenvalue weighted by atomic mass is 9.87. The van der Waals surface area contributed by atoms with Crippen LogP contribution in [-0.2, 0) is 5.41 Å². The number of rotatable bonds is 2. The average molecular weight is 468 g/mol. The molecule has 174 valence electrons. The quantitative estimate of drug-likeness (QED) is 0.256. The number of furan rings is 1. The second kappa shape index (κ2) is 7.53. The van der Waals surface area contributed by atoms with Crippen molar-refractivity contribution in [1.29, 1.82) is 0 Å². The molecule has 0 N–H and O–H groups in total. The minimum Gasteiger partial charge on any atom is -0.455 e. The van der Waals surface area contributed by atoms with Gasteiger partial charge < -0.3 is 4.42 Å². The van der Waals surface area contributed by atoms with E-state index < -0.39 is 0 Å². The molecule has 0 aliphatic carbocycles. The van der Waals surface area contributed by atoms with Crippen LogP contribution in [0.1, 0.15) is 26.3 Å². The first-order valence-corrected chi connectivity index (χ1v) is 12.3. The zero-order valence-electron chi connectivity index (χ0n) is 20.5. The van der Waals surface area contributed by atoms with Crippen LogP contribution in [0.25, 0.3) is 60.8 Å². The Balaban J connectivity index is 1.61. The van der Waals surface area contributed by atoms with Crippen molar-refractivity contribution >= 4 is 43.7 Å². The molecular weight excluding hydrogens is 442 g/mol. The summed E-state index contributed by atoms with van der Waals surface area (Å²) in [6.45, 7) is 6.61. The average Bonchev–Trinajstić information content (AvgIpc) is 3.47. The van der Waals surface area contributed by atoms with Gasteiger partial charge in [-0.15, -0.1) is 0 Å². The molecular formula is C32H25N3O. The predicted octanol–water partition coefficient (Wildman–Crippen LogP) is 8.44. The summed E-state index contributed by atoms with van der Waals surface area (Å²) in [7, 11) is 0. The third-order valence-electron chi connectivity index (χ3n) is 7.02. The maximum atomic E-state index is 6.67. The van der Waals surface area contributed by atoms with Gasteiger partial charge in [0.05, 0.1) is 22.8 Å². The van der Waals surface area contributed by atoms with Crippen LogP contribution in [0.3, 0.4) is 0 Å². The van der Waals surface area contributed by atoms with Gasteiger partial charge in [-0.1, -0.05) is 81.4 Å². The van der Waals surface area contributed by atoms with Crippen LogP contribution in [0.4, 0.5) is 0 Å². The van der Waals surface area contributed by atoms with E-state index >= 15 is 0 Å². The summed E-state index contributed by atoms with van der Waals surface area (Å²) in [5, 5.41) is 4.50. The highest BCUT2D eigenvalue weighted by molar-refractivity contribution is 6.17. The Morgan fingerprint density at radius 1 is 0.694 bits per heavy atom. The zero-order chi connectivity index (χ0) is 24.4. The van der Waals surface area contributed by atoms with E-state index in [2.05, 4.69) is 109 Å². The molecule has 0 spiro atoms. The Hall–Kier alpha value is -4.44. The lowest BCUT2D eigenvalue weighted by Crippen LogP contribution is -2.12. The molecule has 0 fully saturated rings. The molecule has 0 aliphatic heterocycles. The number of fused-ring (bicyclic) bond motifs is 6. The van der Waals surface area contributed by atoms with Gasteiger partial charge in [0.25, 0.3) is 0 Å². The second-order valence-electron chi connectivity index (χ2n) is 10.4. The van der Waals surface area contributed by atoms with Gasteiger partial charge in [-0.05, 0) is 35.1 Å². The molecule has 0 bridgehead atoms. The highest BCUT2D eigenvalue weighted by atomic mass is 16.3. The smallest absolute Gasteiger partial charge is 0.149 e. The predicted molar refractivity (Wildman–Crippen MR) is 148 cm³/mol. The first-order chi connectivity index (χ1) is 17.5. The molecule has 0 radical (unpaired) electrons. The summed E-state index contributed by atoms with van der Waals surface area (Å²) in [5.74, 6) is 0.851. The molecule has 0 aliphatic rings. The van der Waals surface area contributed by atoms with Crippen molar-refractivity contribution in [2.24, 2.45) is 0 Å². The van der Waals surface area contributed by atoms with Gasteiger partial charge in [-0.25, -0.2) is 4.98 Å². The molecule has 0 amide bonds. The first kappa shape index (κ1) is 20.9. The van der Waals surface area contributed by atoms with Crippen molar-refractivity contribution in [2.75, 3.05) is 0 Å². The van der Waals surface area contributed by atoms with Crippen molar-refractivity contribution in [2.45, 2.75) is 26.2 Å². The van der Waals surface area contributed by atoms with Gasteiger partial charge in [-0.3, -0.25) is 9.55 Å². The molecule has 4 heteroatoms. The fraction of sp³-hybridized carbons (Fsp3) is 0.125. The van der Waals surface area contributed by atoms with E-state index in [-0.39, 0.29) is 5.41 Å². The number of benzene rings is 4. The van der Waals surface area contributed by atoms with Crippen molar-refractivity contribution in [1.82, 2.24) is 14.5 Å². The molecule has 3 heterocycles. The number of imidazole rings is 1. The highest BCUT2D eigenvalue weighted by Gasteiger charge is 2.25. The summed E-state index contributed by atoms with van der Waals surface area (Å²) in [4.78, 5) is 9.89. The molecule has 36 heavy (non-hydrogen) atoms. The van der Waals surface area contributed by atoms with Gasteiger partial charge in [0, 0.05) is 33.6 Å². The molecule has 4 aromatic carbocycles. The maximum Gasteiger partial charge on any atom is 0.149 e. The van der Waals surface area contributed by atoms with Gasteiger partial charge >= 0.3 is 0 Å². The number of pyridine rings is 1. The highest BCUT2D eigenvalue weighted by Crippen LogP contribution is 2.40. The standard InChI is InChI=1S/C32H25N3O/c1-32(2,3)26-18-33-19-27-28(26)34-31(35(27)21-11-5-4-6-12-21)25-15-9-14-23-24-17-16-20-10-7-8-13-22(20)29(24)36-30(23)25/h4-19H,1-3H3. The van der Waals surface area contributed by atoms with E-state index in [4.69, 9.17) is 9.40 Å². The largest absolute Gasteiger partial charge is 0.455 e. The number of hydrogen-bond donors (Lipinski definition) is 0. The Kier molecular flexibility index (Phi) is 4.37. The van der Waals surface area contributed by atoms with Crippen LogP contribution >= 0.6 is 0 Å². The summed E-state index contributed by atoms with van der Waals surface area (Å²) >= 11 is 0. The van der Waals surface area contributed by atoms with E-state index in [1.54, 1.807) is 0 Å². The summed E-state index contributed by atoms with van der Waals surface area (Å²) in [5.41, 5.74) is 6.76. The second-order valence-corrected chi connectivity index (χ2v) is 10.4. The SMILES string of the molecule is CC(C)(C)c1cncc2c1nc(-c1cccc3c1oc1c4ccccc4ccc31)n2-c1ccccc1. The molecule has 0 saturated heterocycles. The normalized spacial score (nSPS) is 12.3. The third-order valence-corrected chi connectivity index (χ3v) is 7.02. The van der Waals surface area contributed by atoms with Gasteiger partial charge in [0.15, 0.2) is 0 Å². The Morgan fingerprint density at radius 2 is 1.44 bits per heavy atom. The maximum absolute atomic E-state index is 6.67. The Bertz CT molecular complexity index is 1920. The monoisotopic (exact) mass is 467 g/mol. The Labute approximate surface area is 208 Å². The van der Waals surface area contributed by atoms with Gasteiger partial charge in [0.1, 0.15) is 17.0 Å². The number of aromatic nitrogens is 3. The molecule has 4 nitrogen and oxygen atoms in total. The van der Waals surface area contributed by atoms with Crippen molar-refractivity contribution in [3.63, 3.8) is 0 Å². The molecule has 0 unspecified atom stereocenters. The minimum atomic E-state index is -0.0933. The van der Waals surface area contributed by atoms with Crippen LogP contribution in [0.2, 0.25) is 0 Å². The van der Waals surface area contributed by atoms with E-state index in [1.165, 1.54) is 5.39 Å². The summed E-state index contributed by atoms with van der Waals surface area (Å²) in [6.07, 6.45) is 3.86. The van der Waals surface area contributed by atoms with Gasteiger partial charge in [0.2, 0.25) is 0 Å². The number of para-hydroxylation sites is 2. The minimum absolute atomic E-state index is 0.0933. The van der Waals surface area contributed by atoms with Crippen LogP contribution in [-0.4, -0.2) is 14.5 Å². The molecule has 3 aromatic heterocycles. The van der Waals surface area contributed by atoms with Crippen LogP contribution in [0.15, 0.2) is 102 Å². The summed E-state index contributed by atoms with van der Waals surface area (Å²) in [6, 6.07) is 29.4. The fourth-order valence-electron chi connectivity index (χ4n) is 5.26. The molecule has 7 rings (SSSR count). The number of hydrogen-bond acceptors (Lipinski definition) is 3. The topological polar surface area (TPSA) is 43.9 Å². The lowest BCUT2D eigenvalue weighted by Gasteiger charge is -2.18. The van der Waals surface area contributed by atoms with E-state index in [1.807, 2.05) is 18.5 Å². The van der Waals surface area contributed by atoms with Crippen LogP contribution < -0.4 is 0 Å². The van der Waals surface area contributed by atoms with Crippen molar-refractivity contribution in [3.05, 3.63) is 103 Å². The number of nitrogens with zero attached hydrogens (tertiary/aromatic N) is 3. The van der Waals surface area contributed by atoms with Gasteiger partial charge in [-0.2, -0.15) is 0 Å².